The zero-order valence-corrected chi connectivity index (χ0v) is 20.1. The van der Waals surface area contributed by atoms with Gasteiger partial charge in [0.25, 0.3) is 0 Å². The number of aryl methyl sites for hydroxylation is 1. The van der Waals surface area contributed by atoms with Gasteiger partial charge in [-0.3, -0.25) is 10.0 Å². The van der Waals surface area contributed by atoms with E-state index >= 15 is 0 Å². The maximum absolute atomic E-state index is 12.4. The van der Waals surface area contributed by atoms with Crippen LogP contribution in [0.2, 0.25) is 0 Å². The number of allylic oxidation sites excluding steroid dienone is 1. The Bertz CT molecular complexity index is 1090. The molecule has 0 bridgehead atoms. The Kier molecular flexibility index (Phi) is 6.34. The van der Waals surface area contributed by atoms with Crippen LogP contribution in [0.4, 0.5) is 16.2 Å². The van der Waals surface area contributed by atoms with Crippen LogP contribution in [0.25, 0.3) is 0 Å². The molecule has 1 aliphatic heterocycles. The summed E-state index contributed by atoms with van der Waals surface area (Å²) in [5.74, 6) is 13.1. The standard InChI is InChI=1S/C25H34N6O2/c1-15-13-20(31-18(4)16(2)17(3)28-31)11-12-24(15)33-14-22-21(19-9-10-19)7-6-8-23(22)30(27)25(32)29(5)26/h6-8,11-13,17,19,28H,9-10,14,26-27H2,1-5H3. The molecule has 0 aromatic heterocycles. The van der Waals surface area contributed by atoms with Gasteiger partial charge in [-0.15, -0.1) is 0 Å². The normalized spacial score (nSPS) is 18.0. The summed E-state index contributed by atoms with van der Waals surface area (Å²) >= 11 is 0. The van der Waals surface area contributed by atoms with Crippen LogP contribution >= 0.6 is 0 Å². The largest absolute Gasteiger partial charge is 0.489 e. The number of rotatable bonds is 6. The van der Waals surface area contributed by atoms with Crippen LogP contribution in [-0.2, 0) is 6.61 Å². The van der Waals surface area contributed by atoms with E-state index in [1.54, 1.807) is 0 Å². The van der Waals surface area contributed by atoms with Gasteiger partial charge in [0.15, 0.2) is 0 Å². The van der Waals surface area contributed by atoms with Crippen LogP contribution in [0.3, 0.4) is 0 Å². The van der Waals surface area contributed by atoms with E-state index in [0.29, 0.717) is 24.3 Å². The smallest absolute Gasteiger partial charge is 0.352 e. The monoisotopic (exact) mass is 450 g/mol. The Morgan fingerprint density at radius 2 is 1.91 bits per heavy atom. The van der Waals surface area contributed by atoms with E-state index in [4.69, 9.17) is 16.4 Å². The number of urea groups is 1. The minimum atomic E-state index is -0.490. The van der Waals surface area contributed by atoms with Crippen molar-refractivity contribution in [1.82, 2.24) is 10.4 Å². The number of amides is 2. The third-order valence-electron chi connectivity index (χ3n) is 6.64. The second-order valence-corrected chi connectivity index (χ2v) is 9.08. The van der Waals surface area contributed by atoms with Crippen molar-refractivity contribution in [3.05, 3.63) is 64.4 Å². The molecular weight excluding hydrogens is 416 g/mol. The number of nitrogens with two attached hydrogens (primary N) is 2. The minimum absolute atomic E-state index is 0.313. The highest BCUT2D eigenvalue weighted by Gasteiger charge is 2.29. The van der Waals surface area contributed by atoms with E-state index in [1.165, 1.54) is 23.9 Å². The van der Waals surface area contributed by atoms with E-state index < -0.39 is 6.03 Å². The number of anilines is 2. The van der Waals surface area contributed by atoms with Crippen LogP contribution in [0, 0.1) is 6.92 Å². The first-order valence-electron chi connectivity index (χ1n) is 11.3. The number of carbonyl (C=O) groups excluding carboxylic acids is 1. The topological polar surface area (TPSA) is 100 Å². The Labute approximate surface area is 195 Å². The van der Waals surface area contributed by atoms with E-state index in [1.807, 2.05) is 25.1 Å². The van der Waals surface area contributed by atoms with Crippen molar-refractivity contribution in [1.29, 1.82) is 0 Å². The van der Waals surface area contributed by atoms with E-state index in [0.717, 1.165) is 45.4 Å². The molecule has 2 aromatic rings. The lowest BCUT2D eigenvalue weighted by Crippen LogP contribution is -2.49. The molecule has 0 saturated heterocycles. The maximum atomic E-state index is 12.4. The SMILES string of the molecule is CC1=C(C)N(c2ccc(OCc3c(C4CC4)cccc3N(N)C(=O)N(C)N)c(C)c2)NC1C. The van der Waals surface area contributed by atoms with E-state index in [9.17, 15) is 4.79 Å². The second kappa shape index (κ2) is 9.05. The van der Waals surface area contributed by atoms with Gasteiger partial charge < -0.3 is 4.74 Å². The highest BCUT2D eigenvalue weighted by molar-refractivity contribution is 5.91. The minimum Gasteiger partial charge on any atom is -0.489 e. The van der Waals surface area contributed by atoms with Gasteiger partial charge in [-0.25, -0.2) is 26.9 Å². The van der Waals surface area contributed by atoms with Crippen LogP contribution < -0.4 is 31.9 Å². The van der Waals surface area contributed by atoms with Crippen molar-refractivity contribution < 1.29 is 9.53 Å². The fourth-order valence-electron chi connectivity index (χ4n) is 4.25. The number of nitrogens with zero attached hydrogens (tertiary/aromatic N) is 3. The van der Waals surface area contributed by atoms with Crippen molar-refractivity contribution in [3.63, 3.8) is 0 Å². The van der Waals surface area contributed by atoms with Gasteiger partial charge in [-0.1, -0.05) is 12.1 Å². The number of carbonyl (C=O) groups is 1. The molecule has 33 heavy (non-hydrogen) atoms. The maximum Gasteiger partial charge on any atom is 0.352 e. The quantitative estimate of drug-likeness (QED) is 0.349. The van der Waals surface area contributed by atoms with Gasteiger partial charge in [0.2, 0.25) is 0 Å². The molecule has 1 saturated carbocycles. The van der Waals surface area contributed by atoms with Crippen molar-refractivity contribution in [2.24, 2.45) is 11.7 Å². The molecule has 8 nitrogen and oxygen atoms in total. The predicted octanol–water partition coefficient (Wildman–Crippen LogP) is 4.06. The molecular formula is C25H34N6O2. The van der Waals surface area contributed by atoms with Gasteiger partial charge in [-0.05, 0) is 87.4 Å². The molecule has 1 aliphatic carbocycles. The van der Waals surface area contributed by atoms with E-state index in [2.05, 4.69) is 49.4 Å². The Balaban J connectivity index is 1.58. The van der Waals surface area contributed by atoms with Gasteiger partial charge >= 0.3 is 6.03 Å². The molecule has 176 valence electrons. The average Bonchev–Trinajstić information content (AvgIpc) is 3.61. The number of benzene rings is 2. The number of hydrogen-bond acceptors (Lipinski definition) is 6. The molecule has 2 aliphatic rings. The number of ether oxygens (including phenoxy) is 1. The molecule has 0 spiro atoms. The molecule has 1 heterocycles. The molecule has 2 aromatic carbocycles. The van der Waals surface area contributed by atoms with Crippen molar-refractivity contribution in [2.75, 3.05) is 17.1 Å². The van der Waals surface area contributed by atoms with Gasteiger partial charge in [0, 0.05) is 24.4 Å². The summed E-state index contributed by atoms with van der Waals surface area (Å²) in [7, 11) is 1.47. The van der Waals surface area contributed by atoms with Crippen LogP contribution in [0.1, 0.15) is 56.2 Å². The Morgan fingerprint density at radius 3 is 2.48 bits per heavy atom. The molecule has 0 radical (unpaired) electrons. The lowest BCUT2D eigenvalue weighted by atomic mass is 10.0. The molecule has 2 amide bonds. The molecule has 5 N–H and O–H groups in total. The van der Waals surface area contributed by atoms with E-state index in [-0.39, 0.29) is 0 Å². The van der Waals surface area contributed by atoms with Crippen LogP contribution in [0.15, 0.2) is 47.7 Å². The number of hydrogen-bond donors (Lipinski definition) is 3. The van der Waals surface area contributed by atoms with Crippen molar-refractivity contribution in [3.8, 4) is 5.75 Å². The predicted molar refractivity (Wildman–Crippen MR) is 131 cm³/mol. The third kappa shape index (κ3) is 4.55. The first-order valence-corrected chi connectivity index (χ1v) is 11.3. The third-order valence-corrected chi connectivity index (χ3v) is 6.64. The first kappa shape index (κ1) is 23.1. The van der Waals surface area contributed by atoms with Gasteiger partial charge in [-0.2, -0.15) is 0 Å². The van der Waals surface area contributed by atoms with Crippen molar-refractivity contribution >= 4 is 17.4 Å². The molecule has 8 heteroatoms. The fraction of sp³-hybridized carbons (Fsp3) is 0.400. The average molecular weight is 451 g/mol. The Hall–Kier alpha value is -3.07. The van der Waals surface area contributed by atoms with Gasteiger partial charge in [0.1, 0.15) is 12.4 Å². The highest BCUT2D eigenvalue weighted by atomic mass is 16.5. The second-order valence-electron chi connectivity index (χ2n) is 9.08. The summed E-state index contributed by atoms with van der Waals surface area (Å²) in [6.45, 7) is 8.79. The Morgan fingerprint density at radius 1 is 1.18 bits per heavy atom. The summed E-state index contributed by atoms with van der Waals surface area (Å²) in [5.41, 5.74) is 10.9. The summed E-state index contributed by atoms with van der Waals surface area (Å²) in [4.78, 5) is 12.4. The molecule has 4 rings (SSSR count). The highest BCUT2D eigenvalue weighted by Crippen LogP contribution is 2.44. The van der Waals surface area contributed by atoms with Gasteiger partial charge in [0.05, 0.1) is 11.4 Å². The van der Waals surface area contributed by atoms with Crippen molar-refractivity contribution in [2.45, 2.75) is 59.1 Å². The molecule has 1 unspecified atom stereocenters. The summed E-state index contributed by atoms with van der Waals surface area (Å²) < 4.78 is 6.27. The summed E-state index contributed by atoms with van der Waals surface area (Å²) in [6, 6.07) is 11.8. The zero-order chi connectivity index (χ0) is 23.9. The summed E-state index contributed by atoms with van der Waals surface area (Å²) in [6.07, 6.45) is 2.26. The fourth-order valence-corrected chi connectivity index (χ4v) is 4.25. The lowest BCUT2D eigenvalue weighted by molar-refractivity contribution is 0.216. The first-order chi connectivity index (χ1) is 15.7. The number of hydrazine groups is 3. The van der Waals surface area contributed by atoms with Crippen LogP contribution in [0.5, 0.6) is 5.75 Å². The molecule has 1 atom stereocenters. The zero-order valence-electron chi connectivity index (χ0n) is 20.1. The van der Waals surface area contributed by atoms with Crippen LogP contribution in [-0.4, -0.2) is 24.1 Å². The lowest BCUT2D eigenvalue weighted by Gasteiger charge is -2.25. The molecule has 1 fully saturated rings. The number of nitrogens with one attached hydrogen (secondary N) is 1. The summed E-state index contributed by atoms with van der Waals surface area (Å²) in [5, 5.41) is 4.19.